The highest BCUT2D eigenvalue weighted by molar-refractivity contribution is 7.80. The molecule has 0 fully saturated rings. The molecule has 1 aliphatic carbocycles. The lowest BCUT2D eigenvalue weighted by Crippen LogP contribution is -2.46. The Morgan fingerprint density at radius 2 is 1.41 bits per heavy atom. The van der Waals surface area contributed by atoms with Crippen molar-refractivity contribution < 1.29 is 4.79 Å². The predicted molar refractivity (Wildman–Crippen MR) is 98.7 cm³/mol. The van der Waals surface area contributed by atoms with Crippen molar-refractivity contribution in [3.63, 3.8) is 0 Å². The van der Waals surface area contributed by atoms with Crippen LogP contribution in [0.5, 0.6) is 0 Å². The summed E-state index contributed by atoms with van der Waals surface area (Å²) in [5.41, 5.74) is 1.92. The van der Waals surface area contributed by atoms with E-state index in [1.165, 1.54) is 0 Å². The van der Waals surface area contributed by atoms with Gasteiger partial charge in [0.2, 0.25) is 0 Å². The van der Waals surface area contributed by atoms with Gasteiger partial charge in [-0.25, -0.2) is 0 Å². The summed E-state index contributed by atoms with van der Waals surface area (Å²) >= 11 is 4.98. The second-order valence-corrected chi connectivity index (χ2v) is 4.70. The molecule has 0 saturated heterocycles. The van der Waals surface area contributed by atoms with E-state index in [2.05, 4.69) is 10.6 Å². The Morgan fingerprint density at radius 1 is 0.955 bits per heavy atom. The Labute approximate surface area is 140 Å². The Morgan fingerprint density at radius 3 is 1.86 bits per heavy atom. The van der Waals surface area contributed by atoms with Crippen molar-refractivity contribution in [1.29, 1.82) is 0 Å². The molecule has 1 aliphatic heterocycles. The molecule has 1 aromatic rings. The summed E-state index contributed by atoms with van der Waals surface area (Å²) in [5.74, 6) is 0.250. The Hall–Kier alpha value is -1.68. The fraction of sp³-hybridized carbons (Fsp3) is 0.444. The largest absolute Gasteiger partial charge is 0.356 e. The molecule has 0 amide bonds. The molecule has 3 rings (SSSR count). The molecule has 2 N–H and O–H groups in total. The third-order valence-corrected chi connectivity index (χ3v) is 3.16. The van der Waals surface area contributed by atoms with Crippen LogP contribution in [0.3, 0.4) is 0 Å². The summed E-state index contributed by atoms with van der Waals surface area (Å²) in [6, 6.07) is 12.1. The van der Waals surface area contributed by atoms with Gasteiger partial charge in [0.1, 0.15) is 0 Å². The summed E-state index contributed by atoms with van der Waals surface area (Å²) in [6.45, 7) is 9.96. The number of carbonyl (C=O) groups excluding carboxylic acids is 1. The maximum atomic E-state index is 11.3. The summed E-state index contributed by atoms with van der Waals surface area (Å²) in [5, 5.41) is 6.68. The minimum Gasteiger partial charge on any atom is -0.356 e. The van der Waals surface area contributed by atoms with Crippen molar-refractivity contribution in [2.45, 2.75) is 53.5 Å². The number of hydrogen-bond acceptors (Lipinski definition) is 2. The fourth-order valence-electron chi connectivity index (χ4n) is 2.14. The van der Waals surface area contributed by atoms with E-state index >= 15 is 0 Å². The Balaban J connectivity index is 0.000000373. The third kappa shape index (κ3) is 6.39. The topological polar surface area (TPSA) is 41.1 Å². The monoisotopic (exact) mass is 320 g/mol. The number of nitrogens with one attached hydrogen (secondary N) is 2. The first-order chi connectivity index (χ1) is 10.7. The molecule has 1 atom stereocenters. The molecule has 22 heavy (non-hydrogen) atoms. The van der Waals surface area contributed by atoms with Gasteiger partial charge in [-0.1, -0.05) is 64.1 Å². The van der Waals surface area contributed by atoms with Gasteiger partial charge in [-0.05, 0) is 25.6 Å². The molecular weight excluding hydrogens is 292 g/mol. The Kier molecular flexibility index (Phi) is 11.0. The molecule has 1 unspecified atom stereocenters. The van der Waals surface area contributed by atoms with E-state index in [0.717, 1.165) is 17.7 Å². The number of rotatable bonds is 0. The summed E-state index contributed by atoms with van der Waals surface area (Å²) in [6.07, 6.45) is 1.45. The highest BCUT2D eigenvalue weighted by Gasteiger charge is 2.31. The van der Waals surface area contributed by atoms with Crippen LogP contribution in [0.25, 0.3) is 0 Å². The maximum Gasteiger partial charge on any atom is 0.171 e. The first-order valence-corrected chi connectivity index (χ1v) is 8.43. The van der Waals surface area contributed by atoms with Crippen LogP contribution in [-0.4, -0.2) is 16.9 Å². The molecule has 0 aromatic heterocycles. The van der Waals surface area contributed by atoms with Crippen LogP contribution in [0.15, 0.2) is 47.7 Å². The zero-order valence-electron chi connectivity index (χ0n) is 14.3. The second-order valence-electron chi connectivity index (χ2n) is 4.29. The normalized spacial score (nSPS) is 18.1. The molecule has 3 nitrogen and oxygen atoms in total. The number of hydrogen-bond donors (Lipinski definition) is 2. The number of Topliss-reactive ketones (excluding diaryl/α,β-unsaturated/α-hetero) is 1. The smallest absolute Gasteiger partial charge is 0.171 e. The number of thiocarbonyl (C=S) groups is 1. The molecule has 122 valence electrons. The van der Waals surface area contributed by atoms with E-state index < -0.39 is 0 Å². The van der Waals surface area contributed by atoms with Crippen molar-refractivity contribution >= 4 is 23.1 Å². The van der Waals surface area contributed by atoms with Gasteiger partial charge in [0.25, 0.3) is 0 Å². The molecule has 1 aromatic carbocycles. The van der Waals surface area contributed by atoms with Gasteiger partial charge >= 0.3 is 0 Å². The fourth-order valence-corrected chi connectivity index (χ4v) is 2.44. The van der Waals surface area contributed by atoms with Gasteiger partial charge in [0, 0.05) is 17.7 Å². The van der Waals surface area contributed by atoms with Crippen LogP contribution < -0.4 is 10.6 Å². The third-order valence-electron chi connectivity index (χ3n) is 2.94. The molecule has 4 heteroatoms. The highest BCUT2D eigenvalue weighted by atomic mass is 32.1. The van der Waals surface area contributed by atoms with E-state index in [1.807, 2.05) is 71.0 Å². The zero-order chi connectivity index (χ0) is 17.0. The van der Waals surface area contributed by atoms with Crippen molar-refractivity contribution in [3.05, 3.63) is 47.7 Å². The van der Waals surface area contributed by atoms with E-state index in [1.54, 1.807) is 0 Å². The van der Waals surface area contributed by atoms with E-state index in [9.17, 15) is 4.79 Å². The van der Waals surface area contributed by atoms with Crippen molar-refractivity contribution in [3.8, 4) is 0 Å². The zero-order valence-corrected chi connectivity index (χ0v) is 15.1. The van der Waals surface area contributed by atoms with Gasteiger partial charge < -0.3 is 10.6 Å². The summed E-state index contributed by atoms with van der Waals surface area (Å²) in [7, 11) is 0. The van der Waals surface area contributed by atoms with Crippen molar-refractivity contribution in [2.75, 3.05) is 0 Å². The quantitative estimate of drug-likeness (QED) is 0.703. The minimum atomic E-state index is 0.0868. The summed E-state index contributed by atoms with van der Waals surface area (Å²) in [4.78, 5) is 11.3. The van der Waals surface area contributed by atoms with Crippen LogP contribution in [-0.2, 0) is 4.79 Å². The van der Waals surface area contributed by atoms with Crippen molar-refractivity contribution in [2.24, 2.45) is 0 Å². The molecular formula is C18H28N2OS. The number of ketones is 1. The average Bonchev–Trinajstić information content (AvgIpc) is 2.95. The SMILES string of the molecule is CC.CC.CC1NC(=S)NC2=C1C(=O)CC2.c1ccccc1. The van der Waals surface area contributed by atoms with Crippen LogP contribution in [0.4, 0.5) is 0 Å². The van der Waals surface area contributed by atoms with E-state index in [0.29, 0.717) is 11.5 Å². The first kappa shape index (κ1) is 20.3. The second kappa shape index (κ2) is 11.9. The maximum absolute atomic E-state index is 11.3. The molecule has 0 spiro atoms. The Bertz CT molecular complexity index is 456. The van der Waals surface area contributed by atoms with Crippen LogP contribution in [0.1, 0.15) is 47.5 Å². The molecule has 2 aliphatic rings. The number of benzene rings is 1. The molecule has 0 saturated carbocycles. The minimum absolute atomic E-state index is 0.0868. The summed E-state index contributed by atoms with van der Waals surface area (Å²) < 4.78 is 0. The van der Waals surface area contributed by atoms with Crippen LogP contribution in [0, 0.1) is 0 Å². The lowest BCUT2D eigenvalue weighted by Gasteiger charge is -2.24. The first-order valence-electron chi connectivity index (χ1n) is 8.02. The average molecular weight is 321 g/mol. The van der Waals surface area contributed by atoms with Gasteiger partial charge in [-0.15, -0.1) is 0 Å². The molecule has 0 bridgehead atoms. The van der Waals surface area contributed by atoms with Crippen molar-refractivity contribution in [1.82, 2.24) is 10.6 Å². The lowest BCUT2D eigenvalue weighted by atomic mass is 10.1. The molecule has 1 heterocycles. The number of carbonyl (C=O) groups is 1. The van der Waals surface area contributed by atoms with Crippen LogP contribution in [0.2, 0.25) is 0 Å². The van der Waals surface area contributed by atoms with E-state index in [-0.39, 0.29) is 11.8 Å². The molecule has 0 radical (unpaired) electrons. The van der Waals surface area contributed by atoms with Gasteiger partial charge in [0.05, 0.1) is 6.04 Å². The highest BCUT2D eigenvalue weighted by Crippen LogP contribution is 2.25. The lowest BCUT2D eigenvalue weighted by molar-refractivity contribution is -0.115. The number of allylic oxidation sites excluding steroid dienone is 1. The van der Waals surface area contributed by atoms with E-state index in [4.69, 9.17) is 12.2 Å². The van der Waals surface area contributed by atoms with Crippen LogP contribution >= 0.6 is 12.2 Å². The standard InChI is InChI=1S/C8H10N2OS.C6H6.2C2H6/c1-4-7-5(2-3-6(7)11)10-8(12)9-4;1-2-4-6-5-3-1;2*1-2/h4H,2-3H2,1H3,(H2,9,10,12);1-6H;2*1-2H3. The van der Waals surface area contributed by atoms with Gasteiger partial charge in [0.15, 0.2) is 10.9 Å². The van der Waals surface area contributed by atoms with Gasteiger partial charge in [-0.2, -0.15) is 0 Å². The predicted octanol–water partition coefficient (Wildman–Crippen LogP) is 4.21. The van der Waals surface area contributed by atoms with Gasteiger partial charge in [-0.3, -0.25) is 4.79 Å².